The molecular formula is C22H21ClN2O4. The molecule has 7 heteroatoms. The van der Waals surface area contributed by atoms with Crippen molar-refractivity contribution in [2.24, 2.45) is 0 Å². The molecule has 0 unspecified atom stereocenters. The predicted octanol–water partition coefficient (Wildman–Crippen LogP) is 5.37. The number of pyridine rings is 1. The number of benzene rings is 2. The third kappa shape index (κ3) is 4.84. The predicted molar refractivity (Wildman–Crippen MR) is 113 cm³/mol. The summed E-state index contributed by atoms with van der Waals surface area (Å²) in [6.45, 7) is 5.53. The summed E-state index contributed by atoms with van der Waals surface area (Å²) < 4.78 is 10.5. The zero-order valence-corrected chi connectivity index (χ0v) is 17.1. The van der Waals surface area contributed by atoms with Crippen LogP contribution in [0.5, 0.6) is 0 Å². The van der Waals surface area contributed by atoms with E-state index in [4.69, 9.17) is 21.1 Å². The fourth-order valence-corrected chi connectivity index (χ4v) is 3.00. The molecule has 0 aliphatic rings. The van der Waals surface area contributed by atoms with Gasteiger partial charge in [0.2, 0.25) is 0 Å². The van der Waals surface area contributed by atoms with Crippen LogP contribution in [0.1, 0.15) is 41.5 Å². The molecule has 0 saturated carbocycles. The van der Waals surface area contributed by atoms with Crippen LogP contribution in [0.15, 0.2) is 48.7 Å². The normalized spacial score (nSPS) is 10.8. The van der Waals surface area contributed by atoms with Crippen molar-refractivity contribution < 1.29 is 19.1 Å². The van der Waals surface area contributed by atoms with E-state index in [0.717, 1.165) is 0 Å². The van der Waals surface area contributed by atoms with Gasteiger partial charge in [0.1, 0.15) is 5.56 Å². The molecule has 0 spiro atoms. The molecule has 6 nitrogen and oxygen atoms in total. The monoisotopic (exact) mass is 412 g/mol. The lowest BCUT2D eigenvalue weighted by atomic mass is 10.1. The molecule has 0 aliphatic heterocycles. The van der Waals surface area contributed by atoms with Crippen LogP contribution in [0.25, 0.3) is 10.9 Å². The number of nitrogens with zero attached hydrogens (tertiary/aromatic N) is 1. The Morgan fingerprint density at radius 2 is 1.93 bits per heavy atom. The van der Waals surface area contributed by atoms with Crippen molar-refractivity contribution in [1.82, 2.24) is 4.98 Å². The van der Waals surface area contributed by atoms with Crippen molar-refractivity contribution in [2.45, 2.75) is 26.9 Å². The number of carbonyl (C=O) groups excluding carboxylic acids is 2. The van der Waals surface area contributed by atoms with E-state index in [1.165, 1.54) is 6.20 Å². The number of anilines is 2. The fourth-order valence-electron chi connectivity index (χ4n) is 2.81. The van der Waals surface area contributed by atoms with E-state index in [-0.39, 0.29) is 18.3 Å². The maximum absolute atomic E-state index is 12.5. The third-order valence-corrected chi connectivity index (χ3v) is 4.27. The summed E-state index contributed by atoms with van der Waals surface area (Å²) in [6.07, 6.45) is 1.21. The van der Waals surface area contributed by atoms with Crippen LogP contribution in [0.4, 0.5) is 11.4 Å². The molecule has 3 aromatic rings. The summed E-state index contributed by atoms with van der Waals surface area (Å²) in [5.74, 6) is -0.960. The number of esters is 2. The minimum Gasteiger partial charge on any atom is -0.462 e. The summed E-state index contributed by atoms with van der Waals surface area (Å²) in [5, 5.41) is 4.36. The van der Waals surface area contributed by atoms with Gasteiger partial charge in [-0.15, -0.1) is 0 Å². The van der Waals surface area contributed by atoms with Crippen LogP contribution >= 0.6 is 11.6 Å². The lowest BCUT2D eigenvalue weighted by molar-refractivity contribution is 0.0377. The van der Waals surface area contributed by atoms with Gasteiger partial charge >= 0.3 is 11.9 Å². The zero-order chi connectivity index (χ0) is 21.0. The Morgan fingerprint density at radius 3 is 2.62 bits per heavy atom. The maximum Gasteiger partial charge on any atom is 0.341 e. The molecule has 0 aliphatic carbocycles. The number of rotatable bonds is 6. The zero-order valence-electron chi connectivity index (χ0n) is 16.4. The van der Waals surface area contributed by atoms with Gasteiger partial charge in [0.05, 0.1) is 29.5 Å². The molecule has 0 amide bonds. The molecule has 0 saturated heterocycles. The van der Waals surface area contributed by atoms with Crippen molar-refractivity contribution in [2.75, 3.05) is 11.9 Å². The molecule has 29 heavy (non-hydrogen) atoms. The van der Waals surface area contributed by atoms with Gasteiger partial charge in [0, 0.05) is 22.3 Å². The van der Waals surface area contributed by atoms with Gasteiger partial charge in [0.15, 0.2) is 0 Å². The molecular weight excluding hydrogens is 392 g/mol. The Morgan fingerprint density at radius 1 is 1.14 bits per heavy atom. The topological polar surface area (TPSA) is 77.5 Å². The second kappa shape index (κ2) is 8.92. The van der Waals surface area contributed by atoms with Gasteiger partial charge in [-0.25, -0.2) is 9.59 Å². The number of ether oxygens (including phenoxy) is 2. The summed E-state index contributed by atoms with van der Waals surface area (Å²) in [6, 6.07) is 12.1. The quantitative estimate of drug-likeness (QED) is 0.548. The van der Waals surface area contributed by atoms with Crippen molar-refractivity contribution in [3.05, 3.63) is 64.8 Å². The van der Waals surface area contributed by atoms with Crippen LogP contribution in [0, 0.1) is 0 Å². The second-order valence-corrected chi connectivity index (χ2v) is 7.03. The first-order valence-corrected chi connectivity index (χ1v) is 9.60. The van der Waals surface area contributed by atoms with Gasteiger partial charge in [-0.05, 0) is 57.2 Å². The van der Waals surface area contributed by atoms with E-state index < -0.39 is 11.9 Å². The average molecular weight is 413 g/mol. The maximum atomic E-state index is 12.5. The van der Waals surface area contributed by atoms with Crippen molar-refractivity contribution in [1.29, 1.82) is 0 Å². The molecule has 1 aromatic heterocycles. The Kier molecular flexibility index (Phi) is 6.34. The van der Waals surface area contributed by atoms with Crippen LogP contribution in [0.2, 0.25) is 5.02 Å². The Hall–Kier alpha value is -3.12. The average Bonchev–Trinajstić information content (AvgIpc) is 2.67. The van der Waals surface area contributed by atoms with Crippen LogP contribution < -0.4 is 5.32 Å². The van der Waals surface area contributed by atoms with E-state index in [1.807, 2.05) is 6.07 Å². The number of hydrogen-bond donors (Lipinski definition) is 1. The minimum absolute atomic E-state index is 0.230. The minimum atomic E-state index is -0.512. The molecule has 0 fully saturated rings. The highest BCUT2D eigenvalue weighted by Crippen LogP contribution is 2.31. The number of nitrogens with one attached hydrogen (secondary N) is 1. The van der Waals surface area contributed by atoms with E-state index in [2.05, 4.69) is 10.3 Å². The van der Waals surface area contributed by atoms with E-state index in [1.54, 1.807) is 57.2 Å². The van der Waals surface area contributed by atoms with Gasteiger partial charge in [0.25, 0.3) is 0 Å². The Labute approximate surface area is 173 Å². The van der Waals surface area contributed by atoms with Crippen LogP contribution in [-0.4, -0.2) is 29.6 Å². The van der Waals surface area contributed by atoms with Gasteiger partial charge in [-0.1, -0.05) is 17.7 Å². The Bertz CT molecular complexity index is 1070. The third-order valence-electron chi connectivity index (χ3n) is 4.04. The highest BCUT2D eigenvalue weighted by atomic mass is 35.5. The number of halogens is 1. The highest BCUT2D eigenvalue weighted by molar-refractivity contribution is 6.30. The summed E-state index contributed by atoms with van der Waals surface area (Å²) >= 11 is 6.09. The van der Waals surface area contributed by atoms with Crippen LogP contribution in [-0.2, 0) is 9.47 Å². The molecule has 0 atom stereocenters. The van der Waals surface area contributed by atoms with E-state index >= 15 is 0 Å². The van der Waals surface area contributed by atoms with Gasteiger partial charge in [-0.3, -0.25) is 4.98 Å². The molecule has 0 bridgehead atoms. The number of hydrogen-bond acceptors (Lipinski definition) is 6. The summed E-state index contributed by atoms with van der Waals surface area (Å²) in [4.78, 5) is 29.2. The molecule has 2 aromatic carbocycles. The van der Waals surface area contributed by atoms with E-state index in [9.17, 15) is 9.59 Å². The molecule has 150 valence electrons. The first-order chi connectivity index (χ1) is 13.9. The fraction of sp³-hybridized carbons (Fsp3) is 0.227. The van der Waals surface area contributed by atoms with E-state index in [0.29, 0.717) is 32.9 Å². The van der Waals surface area contributed by atoms with Crippen molar-refractivity contribution in [3.8, 4) is 0 Å². The smallest absolute Gasteiger partial charge is 0.341 e. The summed E-state index contributed by atoms with van der Waals surface area (Å²) in [5.41, 5.74) is 2.40. The second-order valence-electron chi connectivity index (χ2n) is 6.59. The number of aromatic nitrogens is 1. The number of fused-ring (bicyclic) bond motifs is 1. The van der Waals surface area contributed by atoms with Gasteiger partial charge in [-0.2, -0.15) is 0 Å². The lowest BCUT2D eigenvalue weighted by Gasteiger charge is -2.15. The highest BCUT2D eigenvalue weighted by Gasteiger charge is 2.19. The Balaban J connectivity index is 2.16. The number of carbonyl (C=O) groups is 2. The molecule has 1 heterocycles. The standard InChI is InChI=1S/C22H21ClN2O4/c1-4-28-22(27)18-12-24-19-9-8-14(21(26)29-13(2)3)10-17(19)20(18)25-16-7-5-6-15(23)11-16/h5-13H,4H2,1-3H3,(H,24,25). The first-order valence-electron chi connectivity index (χ1n) is 9.22. The first kappa shape index (κ1) is 20.6. The molecule has 3 rings (SSSR count). The molecule has 1 N–H and O–H groups in total. The largest absolute Gasteiger partial charge is 0.462 e. The van der Waals surface area contributed by atoms with Crippen molar-refractivity contribution >= 4 is 45.8 Å². The van der Waals surface area contributed by atoms with Gasteiger partial charge < -0.3 is 14.8 Å². The van der Waals surface area contributed by atoms with Crippen LogP contribution in [0.3, 0.4) is 0 Å². The SMILES string of the molecule is CCOC(=O)c1cnc2ccc(C(=O)OC(C)C)cc2c1Nc1cccc(Cl)c1. The summed E-state index contributed by atoms with van der Waals surface area (Å²) in [7, 11) is 0. The lowest BCUT2D eigenvalue weighted by Crippen LogP contribution is -2.12. The van der Waals surface area contributed by atoms with Crippen molar-refractivity contribution in [3.63, 3.8) is 0 Å². The molecule has 0 radical (unpaired) electrons.